The van der Waals surface area contributed by atoms with E-state index in [1.807, 2.05) is 0 Å². The number of hydrogen-bond donors (Lipinski definition) is 3. The number of hydrogen-bond acceptors (Lipinski definition) is 3. The second-order valence-corrected chi connectivity index (χ2v) is 5.67. The molecule has 0 spiro atoms. The number of benzene rings is 1. The highest BCUT2D eigenvalue weighted by atomic mass is 19.1. The van der Waals surface area contributed by atoms with E-state index in [2.05, 4.69) is 10.6 Å². The molecule has 0 heterocycles. The number of carboxylic acids is 1. The molecule has 1 aliphatic carbocycles. The topological polar surface area (TPSA) is 87.7 Å². The minimum atomic E-state index is -0.772. The van der Waals surface area contributed by atoms with Gasteiger partial charge in [0.25, 0.3) is 0 Å². The van der Waals surface area contributed by atoms with E-state index in [0.29, 0.717) is 37.0 Å². The first kappa shape index (κ1) is 17.1. The van der Waals surface area contributed by atoms with Gasteiger partial charge in [0, 0.05) is 18.2 Å². The summed E-state index contributed by atoms with van der Waals surface area (Å²) in [6, 6.07) is 3.74. The Morgan fingerprint density at radius 1 is 1.30 bits per heavy atom. The first-order valence-electron chi connectivity index (χ1n) is 7.59. The third kappa shape index (κ3) is 4.84. The second kappa shape index (κ2) is 7.80. The summed E-state index contributed by atoms with van der Waals surface area (Å²) in [4.78, 5) is 22.8. The van der Waals surface area contributed by atoms with Crippen LogP contribution in [0.25, 0.3) is 0 Å². The van der Waals surface area contributed by atoms with E-state index < -0.39 is 11.8 Å². The SMILES string of the molecule is COc1ccc(F)cc1CNC(=O)NC1CCC(C(=O)O)CC1. The Morgan fingerprint density at radius 3 is 2.61 bits per heavy atom. The van der Waals surface area contributed by atoms with Gasteiger partial charge in [-0.25, -0.2) is 9.18 Å². The summed E-state index contributed by atoms with van der Waals surface area (Å²) < 4.78 is 18.4. The summed E-state index contributed by atoms with van der Waals surface area (Å²) in [5.41, 5.74) is 0.553. The first-order valence-corrected chi connectivity index (χ1v) is 7.59. The highest BCUT2D eigenvalue weighted by Gasteiger charge is 2.26. The number of methoxy groups -OCH3 is 1. The molecule has 23 heavy (non-hydrogen) atoms. The Bertz CT molecular complexity index is 571. The van der Waals surface area contributed by atoms with Gasteiger partial charge in [0.05, 0.1) is 13.0 Å². The van der Waals surface area contributed by atoms with Gasteiger partial charge in [0.2, 0.25) is 0 Å². The zero-order valence-corrected chi connectivity index (χ0v) is 13.0. The predicted octanol–water partition coefficient (Wildman–Crippen LogP) is 2.28. The normalized spacial score (nSPS) is 20.6. The molecule has 2 amide bonds. The van der Waals surface area contributed by atoms with Crippen LogP contribution in [0.1, 0.15) is 31.2 Å². The summed E-state index contributed by atoms with van der Waals surface area (Å²) in [5.74, 6) is -0.970. The number of rotatable bonds is 5. The Kier molecular flexibility index (Phi) is 5.78. The van der Waals surface area contributed by atoms with Crippen LogP contribution in [0.3, 0.4) is 0 Å². The average Bonchev–Trinajstić information content (AvgIpc) is 2.53. The van der Waals surface area contributed by atoms with Crippen molar-refractivity contribution in [1.29, 1.82) is 0 Å². The second-order valence-electron chi connectivity index (χ2n) is 5.67. The molecule has 7 heteroatoms. The van der Waals surface area contributed by atoms with Gasteiger partial charge in [-0.2, -0.15) is 0 Å². The smallest absolute Gasteiger partial charge is 0.315 e. The quantitative estimate of drug-likeness (QED) is 0.775. The average molecular weight is 324 g/mol. The summed E-state index contributed by atoms with van der Waals surface area (Å²) >= 11 is 0. The van der Waals surface area contributed by atoms with Crippen LogP contribution >= 0.6 is 0 Å². The van der Waals surface area contributed by atoms with Gasteiger partial charge in [-0.05, 0) is 43.9 Å². The van der Waals surface area contributed by atoms with Crippen LogP contribution in [0.15, 0.2) is 18.2 Å². The van der Waals surface area contributed by atoms with Crippen molar-refractivity contribution < 1.29 is 23.8 Å². The molecule has 2 rings (SSSR count). The fourth-order valence-electron chi connectivity index (χ4n) is 2.78. The van der Waals surface area contributed by atoms with Gasteiger partial charge in [-0.3, -0.25) is 4.79 Å². The Balaban J connectivity index is 1.80. The third-order valence-electron chi connectivity index (χ3n) is 4.09. The molecule has 1 aromatic rings. The number of carbonyl (C=O) groups excluding carboxylic acids is 1. The van der Waals surface area contributed by atoms with E-state index in [4.69, 9.17) is 9.84 Å². The van der Waals surface area contributed by atoms with Crippen LogP contribution in [0.2, 0.25) is 0 Å². The maximum atomic E-state index is 13.3. The molecule has 6 nitrogen and oxygen atoms in total. The maximum Gasteiger partial charge on any atom is 0.315 e. The van der Waals surface area contributed by atoms with Crippen molar-refractivity contribution in [3.63, 3.8) is 0 Å². The lowest BCUT2D eigenvalue weighted by Crippen LogP contribution is -2.43. The molecule has 0 aromatic heterocycles. The van der Waals surface area contributed by atoms with E-state index in [1.54, 1.807) is 0 Å². The lowest BCUT2D eigenvalue weighted by atomic mass is 9.86. The van der Waals surface area contributed by atoms with E-state index in [-0.39, 0.29) is 24.5 Å². The molecule has 0 saturated heterocycles. The molecule has 1 aliphatic rings. The number of urea groups is 1. The summed E-state index contributed by atoms with van der Waals surface area (Å²) in [7, 11) is 1.48. The van der Waals surface area contributed by atoms with E-state index in [9.17, 15) is 14.0 Å². The van der Waals surface area contributed by atoms with Gasteiger partial charge < -0.3 is 20.5 Å². The molecule has 0 aliphatic heterocycles. The van der Waals surface area contributed by atoms with Gasteiger partial charge in [-0.15, -0.1) is 0 Å². The number of carbonyl (C=O) groups is 2. The molecule has 1 saturated carbocycles. The fraction of sp³-hybridized carbons (Fsp3) is 0.500. The molecule has 0 atom stereocenters. The van der Waals surface area contributed by atoms with E-state index in [1.165, 1.54) is 25.3 Å². The number of carboxylic acid groups (broad SMARTS) is 1. The number of ether oxygens (including phenoxy) is 1. The Morgan fingerprint density at radius 2 is 2.00 bits per heavy atom. The third-order valence-corrected chi connectivity index (χ3v) is 4.09. The van der Waals surface area contributed by atoms with Crippen molar-refractivity contribution in [2.45, 2.75) is 38.3 Å². The molecular weight excluding hydrogens is 303 g/mol. The van der Waals surface area contributed by atoms with E-state index >= 15 is 0 Å². The lowest BCUT2D eigenvalue weighted by molar-refractivity contribution is -0.142. The Labute approximate surface area is 134 Å². The Hall–Kier alpha value is -2.31. The zero-order valence-electron chi connectivity index (χ0n) is 13.0. The number of aliphatic carboxylic acids is 1. The summed E-state index contributed by atoms with van der Waals surface area (Å²) in [5, 5.41) is 14.4. The highest BCUT2D eigenvalue weighted by Crippen LogP contribution is 2.24. The monoisotopic (exact) mass is 324 g/mol. The maximum absolute atomic E-state index is 13.3. The molecule has 3 N–H and O–H groups in total. The lowest BCUT2D eigenvalue weighted by Gasteiger charge is -2.26. The van der Waals surface area contributed by atoms with Crippen LogP contribution in [0.5, 0.6) is 5.75 Å². The molecular formula is C16H21FN2O4. The summed E-state index contributed by atoms with van der Waals surface area (Å²) in [6.45, 7) is 0.150. The van der Waals surface area contributed by atoms with Crippen LogP contribution in [0, 0.1) is 11.7 Å². The van der Waals surface area contributed by atoms with Gasteiger partial charge in [0.15, 0.2) is 0 Å². The van der Waals surface area contributed by atoms with Crippen molar-refractivity contribution in [3.8, 4) is 5.75 Å². The number of nitrogens with one attached hydrogen (secondary N) is 2. The van der Waals surface area contributed by atoms with Crippen LogP contribution < -0.4 is 15.4 Å². The molecule has 0 radical (unpaired) electrons. The summed E-state index contributed by atoms with van der Waals surface area (Å²) in [6.07, 6.45) is 2.43. The molecule has 1 aromatic carbocycles. The number of halogens is 1. The van der Waals surface area contributed by atoms with Crippen molar-refractivity contribution in [2.24, 2.45) is 5.92 Å². The zero-order chi connectivity index (χ0) is 16.8. The van der Waals surface area contributed by atoms with Crippen LogP contribution in [-0.2, 0) is 11.3 Å². The number of amides is 2. The molecule has 0 unspecified atom stereocenters. The van der Waals surface area contributed by atoms with Crippen molar-refractivity contribution in [1.82, 2.24) is 10.6 Å². The standard InChI is InChI=1S/C16H21FN2O4/c1-23-14-7-4-12(17)8-11(14)9-18-16(22)19-13-5-2-10(3-6-13)15(20)21/h4,7-8,10,13H,2-3,5-6,9H2,1H3,(H,20,21)(H2,18,19,22). The van der Waals surface area contributed by atoms with Gasteiger partial charge in [-0.1, -0.05) is 0 Å². The first-order chi connectivity index (χ1) is 11.0. The van der Waals surface area contributed by atoms with Crippen LogP contribution in [0.4, 0.5) is 9.18 Å². The fourth-order valence-corrected chi connectivity index (χ4v) is 2.78. The largest absolute Gasteiger partial charge is 0.496 e. The van der Waals surface area contributed by atoms with Gasteiger partial charge in [0.1, 0.15) is 11.6 Å². The van der Waals surface area contributed by atoms with E-state index in [0.717, 1.165) is 0 Å². The van der Waals surface area contributed by atoms with Crippen molar-refractivity contribution in [2.75, 3.05) is 7.11 Å². The van der Waals surface area contributed by atoms with Crippen molar-refractivity contribution in [3.05, 3.63) is 29.6 Å². The predicted molar refractivity (Wildman–Crippen MR) is 81.7 cm³/mol. The molecule has 1 fully saturated rings. The highest BCUT2D eigenvalue weighted by molar-refractivity contribution is 5.74. The van der Waals surface area contributed by atoms with Gasteiger partial charge >= 0.3 is 12.0 Å². The van der Waals surface area contributed by atoms with Crippen molar-refractivity contribution >= 4 is 12.0 Å². The minimum absolute atomic E-state index is 0.0278. The van der Waals surface area contributed by atoms with Crippen LogP contribution in [-0.4, -0.2) is 30.3 Å². The minimum Gasteiger partial charge on any atom is -0.496 e. The molecule has 0 bridgehead atoms. The molecule has 126 valence electrons.